The smallest absolute Gasteiger partial charge is 0.0658 e. The van der Waals surface area contributed by atoms with Crippen LogP contribution in [0, 0.1) is 0 Å². The summed E-state index contributed by atoms with van der Waals surface area (Å²) in [4.78, 5) is 1.22. The Hall–Kier alpha value is -0.320. The molecule has 0 spiro atoms. The SMILES string of the molecule is SN1Nc2ccccc2S1. The van der Waals surface area contributed by atoms with Crippen molar-refractivity contribution in [3.63, 3.8) is 0 Å². The third kappa shape index (κ3) is 0.982. The van der Waals surface area contributed by atoms with E-state index in [1.165, 1.54) is 4.90 Å². The molecule has 4 heteroatoms. The molecular formula is C6H6N2S2. The number of fused-ring (bicyclic) bond motifs is 1. The van der Waals surface area contributed by atoms with Crippen molar-refractivity contribution in [1.82, 2.24) is 3.82 Å². The van der Waals surface area contributed by atoms with Crippen molar-refractivity contribution in [1.29, 1.82) is 0 Å². The van der Waals surface area contributed by atoms with Crippen LogP contribution in [0.25, 0.3) is 0 Å². The molecule has 0 atom stereocenters. The Kier molecular flexibility index (Phi) is 1.52. The molecule has 0 fully saturated rings. The van der Waals surface area contributed by atoms with Crippen molar-refractivity contribution in [2.24, 2.45) is 0 Å². The average Bonchev–Trinajstić information content (AvgIpc) is 2.27. The van der Waals surface area contributed by atoms with Crippen LogP contribution in [0.1, 0.15) is 0 Å². The van der Waals surface area contributed by atoms with Gasteiger partial charge in [0.05, 0.1) is 10.6 Å². The van der Waals surface area contributed by atoms with Gasteiger partial charge in [-0.15, -0.1) is 3.82 Å². The monoisotopic (exact) mass is 170 g/mol. The van der Waals surface area contributed by atoms with Crippen molar-refractivity contribution in [2.75, 3.05) is 5.43 Å². The predicted molar refractivity (Wildman–Crippen MR) is 46.7 cm³/mol. The average molecular weight is 170 g/mol. The summed E-state index contributed by atoms with van der Waals surface area (Å²) in [6.07, 6.45) is 0. The van der Waals surface area contributed by atoms with E-state index >= 15 is 0 Å². The molecule has 52 valence electrons. The fourth-order valence-electron chi connectivity index (χ4n) is 0.858. The molecule has 1 N–H and O–H groups in total. The topological polar surface area (TPSA) is 15.3 Å². The van der Waals surface area contributed by atoms with Crippen LogP contribution < -0.4 is 5.43 Å². The Morgan fingerprint density at radius 3 is 3.00 bits per heavy atom. The molecule has 1 aromatic carbocycles. The minimum Gasteiger partial charge on any atom is -0.298 e. The van der Waals surface area contributed by atoms with Crippen molar-refractivity contribution in [3.05, 3.63) is 24.3 Å². The standard InChI is InChI=1S/C6H6N2S2/c9-8-7-5-3-1-2-4-6(5)10-8/h1-4,7,9H. The highest BCUT2D eigenvalue weighted by atomic mass is 32.2. The van der Waals surface area contributed by atoms with Gasteiger partial charge in [0.25, 0.3) is 0 Å². The van der Waals surface area contributed by atoms with Crippen molar-refractivity contribution in [2.45, 2.75) is 4.90 Å². The lowest BCUT2D eigenvalue weighted by Gasteiger charge is -2.02. The van der Waals surface area contributed by atoms with Gasteiger partial charge in [-0.25, -0.2) is 0 Å². The van der Waals surface area contributed by atoms with E-state index in [2.05, 4.69) is 24.3 Å². The van der Waals surface area contributed by atoms with Gasteiger partial charge in [0.1, 0.15) is 0 Å². The van der Waals surface area contributed by atoms with E-state index in [9.17, 15) is 0 Å². The highest BCUT2D eigenvalue weighted by Gasteiger charge is 2.14. The normalized spacial score (nSPS) is 16.5. The highest BCUT2D eigenvalue weighted by Crippen LogP contribution is 2.37. The van der Waals surface area contributed by atoms with Gasteiger partial charge in [-0.05, 0) is 24.1 Å². The van der Waals surface area contributed by atoms with Crippen LogP contribution >= 0.6 is 24.8 Å². The molecule has 1 aliphatic rings. The maximum atomic E-state index is 4.12. The molecule has 2 rings (SSSR count). The molecule has 0 unspecified atom stereocenters. The Morgan fingerprint density at radius 2 is 2.20 bits per heavy atom. The zero-order chi connectivity index (χ0) is 6.97. The first-order valence-corrected chi connectivity index (χ1v) is 4.06. The molecule has 10 heavy (non-hydrogen) atoms. The summed E-state index contributed by atoms with van der Waals surface area (Å²) in [5, 5.41) is 0. The number of benzene rings is 1. The zero-order valence-corrected chi connectivity index (χ0v) is 6.82. The molecule has 0 bridgehead atoms. The molecule has 0 saturated carbocycles. The number of para-hydroxylation sites is 1. The summed E-state index contributed by atoms with van der Waals surface area (Å²) in [5.41, 5.74) is 4.19. The maximum absolute atomic E-state index is 4.12. The van der Waals surface area contributed by atoms with Crippen molar-refractivity contribution in [3.8, 4) is 0 Å². The molecule has 0 aliphatic carbocycles. The first-order valence-electron chi connectivity index (χ1n) is 2.89. The van der Waals surface area contributed by atoms with E-state index in [1.807, 2.05) is 18.2 Å². The first-order chi connectivity index (χ1) is 4.86. The van der Waals surface area contributed by atoms with E-state index in [0.29, 0.717) is 0 Å². The minimum atomic E-state index is 1.13. The molecule has 1 aliphatic heterocycles. The molecular weight excluding hydrogens is 164 g/mol. The maximum Gasteiger partial charge on any atom is 0.0658 e. The van der Waals surface area contributed by atoms with Crippen molar-refractivity contribution >= 4 is 30.5 Å². The van der Waals surface area contributed by atoms with Crippen LogP contribution in [0.15, 0.2) is 29.2 Å². The van der Waals surface area contributed by atoms with Gasteiger partial charge in [0, 0.05) is 0 Å². The first kappa shape index (κ1) is 6.39. The Labute approximate surface area is 69.3 Å². The number of thiol groups is 1. The van der Waals surface area contributed by atoms with Gasteiger partial charge in [-0.2, -0.15) is 0 Å². The fourth-order valence-corrected chi connectivity index (χ4v) is 1.91. The summed E-state index contributed by atoms with van der Waals surface area (Å²) in [5.74, 6) is 0. The zero-order valence-electron chi connectivity index (χ0n) is 5.11. The number of rotatable bonds is 0. The van der Waals surface area contributed by atoms with Crippen LogP contribution in [0.3, 0.4) is 0 Å². The van der Waals surface area contributed by atoms with Gasteiger partial charge >= 0.3 is 0 Å². The number of nitrogens with one attached hydrogen (secondary N) is 1. The van der Waals surface area contributed by atoms with Gasteiger partial charge in [0.15, 0.2) is 0 Å². The number of hydrogen-bond donors (Lipinski definition) is 2. The van der Waals surface area contributed by atoms with Crippen LogP contribution in [-0.4, -0.2) is 3.82 Å². The molecule has 0 amide bonds. The summed E-state index contributed by atoms with van der Waals surface area (Å²) in [6.45, 7) is 0. The third-order valence-electron chi connectivity index (χ3n) is 1.29. The second-order valence-electron chi connectivity index (χ2n) is 1.97. The number of hydrazine groups is 1. The predicted octanol–water partition coefficient (Wildman–Crippen LogP) is 2.18. The lowest BCUT2D eigenvalue weighted by atomic mass is 10.3. The summed E-state index contributed by atoms with van der Waals surface area (Å²) in [6, 6.07) is 8.10. The minimum absolute atomic E-state index is 1.13. The van der Waals surface area contributed by atoms with Crippen LogP contribution in [0.4, 0.5) is 5.69 Å². The number of hydrogen-bond acceptors (Lipinski definition) is 4. The van der Waals surface area contributed by atoms with Crippen LogP contribution in [-0.2, 0) is 0 Å². The van der Waals surface area contributed by atoms with Crippen molar-refractivity contribution < 1.29 is 0 Å². The van der Waals surface area contributed by atoms with Gasteiger partial charge in [0.2, 0.25) is 0 Å². The summed E-state index contributed by atoms with van der Waals surface area (Å²) >= 11 is 5.70. The second-order valence-corrected chi connectivity index (χ2v) is 3.63. The van der Waals surface area contributed by atoms with Crippen LogP contribution in [0.5, 0.6) is 0 Å². The van der Waals surface area contributed by atoms with Gasteiger partial charge in [-0.1, -0.05) is 24.9 Å². The largest absolute Gasteiger partial charge is 0.298 e. The lowest BCUT2D eigenvalue weighted by molar-refractivity contribution is 0.948. The van der Waals surface area contributed by atoms with Crippen LogP contribution in [0.2, 0.25) is 0 Å². The molecule has 0 radical (unpaired) electrons. The van der Waals surface area contributed by atoms with E-state index in [1.54, 1.807) is 15.8 Å². The van der Waals surface area contributed by atoms with E-state index < -0.39 is 0 Å². The molecule has 1 heterocycles. The summed E-state index contributed by atoms with van der Waals surface area (Å²) < 4.78 is 1.69. The Balaban J connectivity index is 2.42. The van der Waals surface area contributed by atoms with E-state index in [4.69, 9.17) is 0 Å². The van der Waals surface area contributed by atoms with E-state index in [0.717, 1.165) is 5.69 Å². The molecule has 0 aromatic heterocycles. The number of nitrogens with zero attached hydrogens (tertiary/aromatic N) is 1. The Morgan fingerprint density at radius 1 is 1.40 bits per heavy atom. The second kappa shape index (κ2) is 2.38. The fraction of sp³-hybridized carbons (Fsp3) is 0. The lowest BCUT2D eigenvalue weighted by Crippen LogP contribution is -2.03. The van der Waals surface area contributed by atoms with E-state index in [-0.39, 0.29) is 0 Å². The quantitative estimate of drug-likeness (QED) is 0.458. The molecule has 2 nitrogen and oxygen atoms in total. The molecule has 0 saturated heterocycles. The highest BCUT2D eigenvalue weighted by molar-refractivity contribution is 8.06. The van der Waals surface area contributed by atoms with Gasteiger partial charge in [-0.3, -0.25) is 5.43 Å². The number of anilines is 1. The Bertz CT molecular complexity index is 226. The summed E-state index contributed by atoms with van der Waals surface area (Å²) in [7, 11) is 0. The molecule has 1 aromatic rings. The van der Waals surface area contributed by atoms with Gasteiger partial charge < -0.3 is 0 Å². The third-order valence-corrected chi connectivity index (χ3v) is 2.45.